The molecule has 4 heteroatoms. The fourth-order valence-corrected chi connectivity index (χ4v) is 0.755. The summed E-state index contributed by atoms with van der Waals surface area (Å²) < 4.78 is 9.38. The SMILES string of the molecule is CC(=O)COC(=O)C=Cc1ccoc1. The minimum absolute atomic E-state index is 0.185. The maximum absolute atomic E-state index is 11.0. The normalized spacial score (nSPS) is 10.4. The molecule has 0 spiro atoms. The average molecular weight is 194 g/mol. The van der Waals surface area contributed by atoms with Crippen molar-refractivity contribution in [2.24, 2.45) is 0 Å². The number of furan rings is 1. The van der Waals surface area contributed by atoms with Crippen molar-refractivity contribution in [3.8, 4) is 0 Å². The first-order valence-electron chi connectivity index (χ1n) is 4.05. The number of hydrogen-bond donors (Lipinski definition) is 0. The van der Waals surface area contributed by atoms with Crippen LogP contribution in [0.3, 0.4) is 0 Å². The van der Waals surface area contributed by atoms with E-state index in [1.807, 2.05) is 0 Å². The van der Waals surface area contributed by atoms with Crippen molar-refractivity contribution in [2.75, 3.05) is 6.61 Å². The Balaban J connectivity index is 2.37. The van der Waals surface area contributed by atoms with E-state index >= 15 is 0 Å². The lowest BCUT2D eigenvalue weighted by Crippen LogP contribution is -2.08. The Kier molecular flexibility index (Phi) is 3.67. The monoisotopic (exact) mass is 194 g/mol. The van der Waals surface area contributed by atoms with Crippen LogP contribution in [0.1, 0.15) is 12.5 Å². The molecule has 0 N–H and O–H groups in total. The lowest BCUT2D eigenvalue weighted by molar-refractivity contribution is -0.142. The van der Waals surface area contributed by atoms with Crippen LogP contribution in [0.25, 0.3) is 6.08 Å². The molecule has 0 aliphatic rings. The lowest BCUT2D eigenvalue weighted by atomic mass is 10.3. The van der Waals surface area contributed by atoms with E-state index < -0.39 is 5.97 Å². The highest BCUT2D eigenvalue weighted by atomic mass is 16.5. The molecule has 0 aromatic carbocycles. The number of carbonyl (C=O) groups excluding carboxylic acids is 2. The Labute approximate surface area is 81.2 Å². The van der Waals surface area contributed by atoms with Gasteiger partial charge in [0.1, 0.15) is 6.61 Å². The van der Waals surface area contributed by atoms with Gasteiger partial charge in [-0.15, -0.1) is 0 Å². The Bertz CT molecular complexity index is 335. The van der Waals surface area contributed by atoms with Crippen LogP contribution in [0.15, 0.2) is 29.1 Å². The van der Waals surface area contributed by atoms with Crippen LogP contribution < -0.4 is 0 Å². The predicted molar refractivity (Wildman–Crippen MR) is 49.4 cm³/mol. The van der Waals surface area contributed by atoms with E-state index in [9.17, 15) is 9.59 Å². The van der Waals surface area contributed by atoms with Gasteiger partial charge in [0.2, 0.25) is 0 Å². The summed E-state index contributed by atoms with van der Waals surface area (Å²) in [6, 6.07) is 1.70. The second-order valence-corrected chi connectivity index (χ2v) is 2.70. The fourth-order valence-electron chi connectivity index (χ4n) is 0.755. The third-order valence-electron chi connectivity index (χ3n) is 1.37. The molecule has 0 unspecified atom stereocenters. The Morgan fingerprint density at radius 1 is 1.57 bits per heavy atom. The van der Waals surface area contributed by atoms with E-state index in [-0.39, 0.29) is 12.4 Å². The highest BCUT2D eigenvalue weighted by molar-refractivity contribution is 5.89. The molecule has 1 rings (SSSR count). The number of ketones is 1. The maximum atomic E-state index is 11.0. The first-order chi connectivity index (χ1) is 6.68. The Morgan fingerprint density at radius 2 is 2.36 bits per heavy atom. The third kappa shape index (κ3) is 3.71. The molecule has 1 heterocycles. The first kappa shape index (κ1) is 10.2. The molecule has 0 atom stereocenters. The summed E-state index contributed by atoms with van der Waals surface area (Å²) >= 11 is 0. The molecule has 0 fully saturated rings. The molecule has 1 aromatic rings. The summed E-state index contributed by atoms with van der Waals surface area (Å²) in [6.07, 6.45) is 5.79. The van der Waals surface area contributed by atoms with E-state index in [2.05, 4.69) is 4.74 Å². The molecule has 1 aromatic heterocycles. The van der Waals surface area contributed by atoms with Crippen molar-refractivity contribution in [2.45, 2.75) is 6.92 Å². The minimum atomic E-state index is -0.540. The van der Waals surface area contributed by atoms with Crippen molar-refractivity contribution < 1.29 is 18.7 Å². The molecule has 74 valence electrons. The van der Waals surface area contributed by atoms with Crippen LogP contribution in [0, 0.1) is 0 Å². The number of hydrogen-bond acceptors (Lipinski definition) is 4. The number of carbonyl (C=O) groups is 2. The van der Waals surface area contributed by atoms with Gasteiger partial charge in [-0.2, -0.15) is 0 Å². The van der Waals surface area contributed by atoms with E-state index in [4.69, 9.17) is 4.42 Å². The topological polar surface area (TPSA) is 56.5 Å². The van der Waals surface area contributed by atoms with Crippen LogP contribution in [0.5, 0.6) is 0 Å². The maximum Gasteiger partial charge on any atom is 0.331 e. The van der Waals surface area contributed by atoms with Crippen molar-refractivity contribution in [3.63, 3.8) is 0 Å². The van der Waals surface area contributed by atoms with Gasteiger partial charge in [0, 0.05) is 11.6 Å². The molecule has 0 bridgehead atoms. The molecule has 0 saturated heterocycles. The Morgan fingerprint density at radius 3 is 2.93 bits per heavy atom. The summed E-state index contributed by atoms with van der Waals surface area (Å²) in [6.45, 7) is 1.17. The third-order valence-corrected chi connectivity index (χ3v) is 1.37. The molecular weight excluding hydrogens is 184 g/mol. The van der Waals surface area contributed by atoms with Crippen molar-refractivity contribution in [3.05, 3.63) is 30.2 Å². The minimum Gasteiger partial charge on any atom is -0.472 e. The van der Waals surface area contributed by atoms with Gasteiger partial charge < -0.3 is 9.15 Å². The standard InChI is InChI=1S/C10H10O4/c1-8(11)6-14-10(12)3-2-9-4-5-13-7-9/h2-5,7H,6H2,1H3. The number of rotatable bonds is 4. The van der Waals surface area contributed by atoms with Gasteiger partial charge in [0.15, 0.2) is 5.78 Å². The van der Waals surface area contributed by atoms with Gasteiger partial charge in [-0.05, 0) is 19.1 Å². The highest BCUT2D eigenvalue weighted by Gasteiger charge is 1.99. The summed E-state index contributed by atoms with van der Waals surface area (Å²) in [5.41, 5.74) is 0.768. The summed E-state index contributed by atoms with van der Waals surface area (Å²) in [4.78, 5) is 21.4. The van der Waals surface area contributed by atoms with Gasteiger partial charge in [-0.3, -0.25) is 4.79 Å². The largest absolute Gasteiger partial charge is 0.472 e. The summed E-state index contributed by atoms with van der Waals surface area (Å²) in [5.74, 6) is -0.725. The van der Waals surface area contributed by atoms with Crippen molar-refractivity contribution in [1.29, 1.82) is 0 Å². The smallest absolute Gasteiger partial charge is 0.331 e. The predicted octanol–water partition coefficient (Wildman–Crippen LogP) is 1.43. The zero-order valence-electron chi connectivity index (χ0n) is 7.73. The highest BCUT2D eigenvalue weighted by Crippen LogP contribution is 2.02. The fraction of sp³-hybridized carbons (Fsp3) is 0.200. The molecule has 0 amide bonds. The quantitative estimate of drug-likeness (QED) is 0.537. The first-order valence-corrected chi connectivity index (χ1v) is 4.05. The average Bonchev–Trinajstić information content (AvgIpc) is 2.63. The number of Topliss-reactive ketones (excluding diaryl/α,β-unsaturated/α-hetero) is 1. The van der Waals surface area contributed by atoms with Gasteiger partial charge >= 0.3 is 5.97 Å². The van der Waals surface area contributed by atoms with Gasteiger partial charge in [0.05, 0.1) is 12.5 Å². The van der Waals surface area contributed by atoms with Crippen molar-refractivity contribution >= 4 is 17.8 Å². The second-order valence-electron chi connectivity index (χ2n) is 2.70. The van der Waals surface area contributed by atoms with Gasteiger partial charge in [-0.1, -0.05) is 0 Å². The van der Waals surface area contributed by atoms with Crippen molar-refractivity contribution in [1.82, 2.24) is 0 Å². The van der Waals surface area contributed by atoms with Gasteiger partial charge in [0.25, 0.3) is 0 Å². The number of esters is 1. The molecule has 14 heavy (non-hydrogen) atoms. The molecule has 0 saturated carbocycles. The molecule has 4 nitrogen and oxygen atoms in total. The summed E-state index contributed by atoms with van der Waals surface area (Å²) in [5, 5.41) is 0. The van der Waals surface area contributed by atoms with Crippen LogP contribution in [0.2, 0.25) is 0 Å². The number of ether oxygens (including phenoxy) is 1. The zero-order chi connectivity index (χ0) is 10.4. The lowest BCUT2D eigenvalue weighted by Gasteiger charge is -1.95. The van der Waals surface area contributed by atoms with Crippen LogP contribution in [0.4, 0.5) is 0 Å². The second kappa shape index (κ2) is 5.01. The molecular formula is C10H10O4. The van der Waals surface area contributed by atoms with E-state index in [0.29, 0.717) is 0 Å². The Hall–Kier alpha value is -1.84. The molecule has 0 radical (unpaired) electrons. The zero-order valence-corrected chi connectivity index (χ0v) is 7.73. The van der Waals surface area contributed by atoms with Gasteiger partial charge in [-0.25, -0.2) is 4.79 Å². The molecule has 0 aliphatic carbocycles. The molecule has 0 aliphatic heterocycles. The van der Waals surface area contributed by atoms with E-state index in [0.717, 1.165) is 5.56 Å². The summed E-state index contributed by atoms with van der Waals surface area (Å²) in [7, 11) is 0. The van der Waals surface area contributed by atoms with Crippen LogP contribution in [-0.4, -0.2) is 18.4 Å². The van der Waals surface area contributed by atoms with E-state index in [1.165, 1.54) is 25.5 Å². The van der Waals surface area contributed by atoms with Crippen LogP contribution in [-0.2, 0) is 14.3 Å². The van der Waals surface area contributed by atoms with Crippen LogP contribution >= 0.6 is 0 Å². The van der Waals surface area contributed by atoms with E-state index in [1.54, 1.807) is 12.1 Å².